The van der Waals surface area contributed by atoms with Crippen LogP contribution in [0.15, 0.2) is 18.3 Å². The minimum Gasteiger partial charge on any atom is -0.356 e. The summed E-state index contributed by atoms with van der Waals surface area (Å²) in [5, 5.41) is 0. The highest BCUT2D eigenvalue weighted by Gasteiger charge is 2.29. The smallest absolute Gasteiger partial charge is 0.141 e. The van der Waals surface area contributed by atoms with Gasteiger partial charge in [-0.2, -0.15) is 0 Å². The van der Waals surface area contributed by atoms with E-state index in [1.807, 2.05) is 0 Å². The first-order valence-electron chi connectivity index (χ1n) is 6.33. The first-order valence-corrected chi connectivity index (χ1v) is 6.33. The zero-order chi connectivity index (χ0) is 12.5. The van der Waals surface area contributed by atoms with E-state index >= 15 is 0 Å². The van der Waals surface area contributed by atoms with Gasteiger partial charge in [-0.1, -0.05) is 20.8 Å². The maximum Gasteiger partial charge on any atom is 0.141 e. The highest BCUT2D eigenvalue weighted by Crippen LogP contribution is 2.34. The summed E-state index contributed by atoms with van der Waals surface area (Å²) >= 11 is 0. The summed E-state index contributed by atoms with van der Waals surface area (Å²) < 4.78 is 12.8. The lowest BCUT2D eigenvalue weighted by atomic mass is 9.76. The van der Waals surface area contributed by atoms with E-state index in [0.717, 1.165) is 18.9 Å². The summed E-state index contributed by atoms with van der Waals surface area (Å²) in [6.45, 7) is 8.94. The number of halogens is 1. The van der Waals surface area contributed by atoms with Gasteiger partial charge in [0.25, 0.3) is 0 Å². The lowest BCUT2D eigenvalue weighted by Gasteiger charge is -2.40. The van der Waals surface area contributed by atoms with Crippen molar-refractivity contribution in [1.82, 2.24) is 4.98 Å². The van der Waals surface area contributed by atoms with Gasteiger partial charge < -0.3 is 4.90 Å². The first-order chi connectivity index (χ1) is 7.97. The number of piperidine rings is 1. The monoisotopic (exact) mass is 236 g/mol. The maximum absolute atomic E-state index is 12.8. The second kappa shape index (κ2) is 4.63. The summed E-state index contributed by atoms with van der Waals surface area (Å²) in [5.74, 6) is 1.32. The standard InChI is InChI=1S/C14H21FN2/c1-14(2,3)11-5-4-8-17(10-11)13-7-6-12(15)9-16-13/h6-7,9,11H,4-5,8,10H2,1-3H3/t11-/m1/s1. The molecule has 1 aromatic heterocycles. The molecule has 0 spiro atoms. The first kappa shape index (κ1) is 12.3. The van der Waals surface area contributed by atoms with E-state index in [-0.39, 0.29) is 5.82 Å². The summed E-state index contributed by atoms with van der Waals surface area (Å²) in [7, 11) is 0. The predicted octanol–water partition coefficient (Wildman–Crippen LogP) is 3.48. The lowest BCUT2D eigenvalue weighted by Crippen LogP contribution is -2.41. The summed E-state index contributed by atoms with van der Waals surface area (Å²) in [5.41, 5.74) is 0.332. The third-order valence-electron chi connectivity index (χ3n) is 3.68. The van der Waals surface area contributed by atoms with E-state index in [9.17, 15) is 4.39 Å². The van der Waals surface area contributed by atoms with Crippen LogP contribution in [0, 0.1) is 17.2 Å². The Bertz CT molecular complexity index is 367. The Morgan fingerprint density at radius 1 is 1.35 bits per heavy atom. The average Bonchev–Trinajstić information content (AvgIpc) is 2.29. The highest BCUT2D eigenvalue weighted by atomic mass is 19.1. The minimum atomic E-state index is -0.266. The molecule has 2 rings (SSSR count). The number of pyridine rings is 1. The van der Waals surface area contributed by atoms with E-state index < -0.39 is 0 Å². The van der Waals surface area contributed by atoms with Crippen LogP contribution in [0.2, 0.25) is 0 Å². The van der Waals surface area contributed by atoms with Gasteiger partial charge in [0.05, 0.1) is 6.20 Å². The largest absolute Gasteiger partial charge is 0.356 e. The van der Waals surface area contributed by atoms with Crippen LogP contribution in [-0.2, 0) is 0 Å². The van der Waals surface area contributed by atoms with Crippen molar-refractivity contribution in [2.75, 3.05) is 18.0 Å². The Balaban J connectivity index is 2.09. The van der Waals surface area contributed by atoms with Crippen molar-refractivity contribution < 1.29 is 4.39 Å². The zero-order valence-electron chi connectivity index (χ0n) is 10.9. The molecule has 2 heterocycles. The molecule has 0 bridgehead atoms. The molecule has 0 radical (unpaired) electrons. The SMILES string of the molecule is CC(C)(C)[C@@H]1CCCN(c2ccc(F)cn2)C1. The van der Waals surface area contributed by atoms with E-state index in [0.29, 0.717) is 11.3 Å². The fourth-order valence-electron chi connectivity index (χ4n) is 2.45. The molecule has 1 saturated heterocycles. The molecule has 1 aliphatic heterocycles. The van der Waals surface area contributed by atoms with Crippen molar-refractivity contribution >= 4 is 5.82 Å². The van der Waals surface area contributed by atoms with Crippen LogP contribution >= 0.6 is 0 Å². The van der Waals surface area contributed by atoms with Gasteiger partial charge >= 0.3 is 0 Å². The molecule has 0 N–H and O–H groups in total. The molecule has 0 amide bonds. The Morgan fingerprint density at radius 2 is 2.12 bits per heavy atom. The summed E-state index contributed by atoms with van der Waals surface area (Å²) in [6.07, 6.45) is 3.78. The van der Waals surface area contributed by atoms with Crippen LogP contribution in [0.25, 0.3) is 0 Å². The normalized spacial score (nSPS) is 21.6. The van der Waals surface area contributed by atoms with Crippen LogP contribution in [0.3, 0.4) is 0 Å². The van der Waals surface area contributed by atoms with Gasteiger partial charge in [0.2, 0.25) is 0 Å². The molecular formula is C14H21FN2. The molecular weight excluding hydrogens is 215 g/mol. The third kappa shape index (κ3) is 2.96. The molecule has 0 unspecified atom stereocenters. The van der Waals surface area contributed by atoms with Crippen LogP contribution in [-0.4, -0.2) is 18.1 Å². The molecule has 1 fully saturated rings. The molecule has 0 aromatic carbocycles. The van der Waals surface area contributed by atoms with Gasteiger partial charge in [0.15, 0.2) is 0 Å². The highest BCUT2D eigenvalue weighted by molar-refractivity contribution is 5.38. The molecule has 1 aliphatic rings. The van der Waals surface area contributed by atoms with Crippen molar-refractivity contribution in [3.05, 3.63) is 24.1 Å². The fourth-order valence-corrected chi connectivity index (χ4v) is 2.45. The van der Waals surface area contributed by atoms with E-state index in [1.54, 1.807) is 6.07 Å². The van der Waals surface area contributed by atoms with Crippen LogP contribution < -0.4 is 4.90 Å². The minimum absolute atomic E-state index is 0.266. The molecule has 1 atom stereocenters. The van der Waals surface area contributed by atoms with Crippen LogP contribution in [0.4, 0.5) is 10.2 Å². The number of hydrogen-bond acceptors (Lipinski definition) is 2. The Morgan fingerprint density at radius 3 is 2.71 bits per heavy atom. The van der Waals surface area contributed by atoms with E-state index in [2.05, 4.69) is 30.7 Å². The van der Waals surface area contributed by atoms with Crippen molar-refractivity contribution in [2.24, 2.45) is 11.3 Å². The van der Waals surface area contributed by atoms with Gasteiger partial charge in [0.1, 0.15) is 11.6 Å². The molecule has 2 nitrogen and oxygen atoms in total. The topological polar surface area (TPSA) is 16.1 Å². The number of hydrogen-bond donors (Lipinski definition) is 0. The number of aromatic nitrogens is 1. The fraction of sp³-hybridized carbons (Fsp3) is 0.643. The maximum atomic E-state index is 12.8. The van der Waals surface area contributed by atoms with Crippen molar-refractivity contribution in [3.8, 4) is 0 Å². The number of rotatable bonds is 1. The van der Waals surface area contributed by atoms with Gasteiger partial charge in [-0.15, -0.1) is 0 Å². The van der Waals surface area contributed by atoms with Crippen LogP contribution in [0.1, 0.15) is 33.6 Å². The second-order valence-electron chi connectivity index (χ2n) is 5.99. The third-order valence-corrected chi connectivity index (χ3v) is 3.68. The summed E-state index contributed by atoms with van der Waals surface area (Å²) in [6, 6.07) is 3.27. The van der Waals surface area contributed by atoms with Gasteiger partial charge in [-0.05, 0) is 36.3 Å². The quantitative estimate of drug-likeness (QED) is 0.742. The second-order valence-corrected chi connectivity index (χ2v) is 5.99. The van der Waals surface area contributed by atoms with Crippen molar-refractivity contribution in [1.29, 1.82) is 0 Å². The summed E-state index contributed by atoms with van der Waals surface area (Å²) in [4.78, 5) is 6.45. The molecule has 3 heteroatoms. The van der Waals surface area contributed by atoms with E-state index in [4.69, 9.17) is 0 Å². The molecule has 17 heavy (non-hydrogen) atoms. The van der Waals surface area contributed by atoms with Crippen LogP contribution in [0.5, 0.6) is 0 Å². The Labute approximate surface area is 103 Å². The van der Waals surface area contributed by atoms with Gasteiger partial charge in [-0.25, -0.2) is 9.37 Å². The number of anilines is 1. The molecule has 0 aliphatic carbocycles. The van der Waals surface area contributed by atoms with Gasteiger partial charge in [0, 0.05) is 13.1 Å². The molecule has 94 valence electrons. The Hall–Kier alpha value is -1.12. The molecule has 0 saturated carbocycles. The number of nitrogens with zero attached hydrogens (tertiary/aromatic N) is 2. The zero-order valence-corrected chi connectivity index (χ0v) is 10.9. The van der Waals surface area contributed by atoms with Crippen molar-refractivity contribution in [2.45, 2.75) is 33.6 Å². The van der Waals surface area contributed by atoms with Crippen molar-refractivity contribution in [3.63, 3.8) is 0 Å². The predicted molar refractivity (Wildman–Crippen MR) is 68.6 cm³/mol. The Kier molecular flexibility index (Phi) is 3.36. The lowest BCUT2D eigenvalue weighted by molar-refractivity contribution is 0.208. The average molecular weight is 236 g/mol. The van der Waals surface area contributed by atoms with E-state index in [1.165, 1.54) is 25.1 Å². The van der Waals surface area contributed by atoms with Gasteiger partial charge in [-0.3, -0.25) is 0 Å². The molecule has 1 aromatic rings.